The number of rotatable bonds is 6. The van der Waals surface area contributed by atoms with Gasteiger partial charge < -0.3 is 24.1 Å². The van der Waals surface area contributed by atoms with Gasteiger partial charge in [0.05, 0.1) is 24.5 Å². The van der Waals surface area contributed by atoms with E-state index < -0.39 is 54.0 Å². The quantitative estimate of drug-likeness (QED) is 0.365. The van der Waals surface area contributed by atoms with E-state index in [0.29, 0.717) is 25.7 Å². The number of ether oxygens (including phenoxy) is 4. The lowest BCUT2D eigenvalue weighted by molar-refractivity contribution is -0.174. The third-order valence-corrected chi connectivity index (χ3v) is 6.03. The summed E-state index contributed by atoms with van der Waals surface area (Å²) in [6.45, 7) is 8.34. The summed E-state index contributed by atoms with van der Waals surface area (Å²) in [6, 6.07) is 0. The summed E-state index contributed by atoms with van der Waals surface area (Å²) in [4.78, 5) is 49.8. The van der Waals surface area contributed by atoms with Crippen LogP contribution in [0.15, 0.2) is 23.8 Å². The number of hydrogen-bond donors (Lipinski definition) is 1. The van der Waals surface area contributed by atoms with Crippen LogP contribution in [-0.2, 0) is 38.1 Å². The van der Waals surface area contributed by atoms with E-state index >= 15 is 0 Å². The molecule has 2 rings (SSSR count). The lowest BCUT2D eigenvalue weighted by Gasteiger charge is -2.35. The summed E-state index contributed by atoms with van der Waals surface area (Å²) >= 11 is 0. The van der Waals surface area contributed by atoms with Crippen molar-refractivity contribution in [2.24, 2.45) is 17.8 Å². The predicted molar refractivity (Wildman–Crippen MR) is 112 cm³/mol. The lowest BCUT2D eigenvalue weighted by atomic mass is 9.80. The van der Waals surface area contributed by atoms with Gasteiger partial charge >= 0.3 is 23.9 Å². The molecule has 0 aromatic carbocycles. The number of esters is 4. The van der Waals surface area contributed by atoms with Crippen LogP contribution in [0.3, 0.4) is 0 Å². The molecule has 2 unspecified atom stereocenters. The molecule has 178 valence electrons. The van der Waals surface area contributed by atoms with Crippen LogP contribution < -0.4 is 0 Å². The first-order valence-corrected chi connectivity index (χ1v) is 10.8. The second kappa shape index (κ2) is 11.3. The largest absolute Gasteiger partial charge is 0.466 e. The molecule has 1 aliphatic carbocycles. The first-order chi connectivity index (χ1) is 15.1. The molecule has 0 saturated carbocycles. The summed E-state index contributed by atoms with van der Waals surface area (Å²) in [6.07, 6.45) is -0.105. The Bertz CT molecular complexity index is 784. The van der Waals surface area contributed by atoms with Crippen LogP contribution in [0.4, 0.5) is 0 Å². The predicted octanol–water partition coefficient (Wildman–Crippen LogP) is 1.87. The first kappa shape index (κ1) is 25.6. The van der Waals surface area contributed by atoms with Crippen molar-refractivity contribution in [3.05, 3.63) is 23.8 Å². The molecule has 0 bridgehead atoms. The molecule has 1 heterocycles. The third-order valence-electron chi connectivity index (χ3n) is 6.03. The van der Waals surface area contributed by atoms with Gasteiger partial charge in [0.25, 0.3) is 0 Å². The van der Waals surface area contributed by atoms with Crippen molar-refractivity contribution >= 4 is 23.9 Å². The van der Waals surface area contributed by atoms with E-state index in [0.717, 1.165) is 0 Å². The average molecular weight is 453 g/mol. The molecular weight excluding hydrogens is 420 g/mol. The monoisotopic (exact) mass is 452 g/mol. The van der Waals surface area contributed by atoms with E-state index in [2.05, 4.69) is 6.58 Å². The summed E-state index contributed by atoms with van der Waals surface area (Å²) in [5.74, 6) is -4.26. The second-order valence-corrected chi connectivity index (χ2v) is 8.25. The molecular formula is C23H32O9. The van der Waals surface area contributed by atoms with Gasteiger partial charge in [-0.15, -0.1) is 0 Å². The van der Waals surface area contributed by atoms with E-state index in [9.17, 15) is 24.3 Å². The zero-order valence-corrected chi connectivity index (χ0v) is 19.0. The van der Waals surface area contributed by atoms with Crippen LogP contribution in [0.5, 0.6) is 0 Å². The second-order valence-electron chi connectivity index (χ2n) is 8.25. The Balaban J connectivity index is 2.66. The minimum absolute atomic E-state index is 0.00543. The Morgan fingerprint density at radius 3 is 2.56 bits per heavy atom. The van der Waals surface area contributed by atoms with Gasteiger partial charge in [0.1, 0.15) is 6.10 Å². The molecule has 0 amide bonds. The summed E-state index contributed by atoms with van der Waals surface area (Å²) in [7, 11) is 1.19. The van der Waals surface area contributed by atoms with Crippen molar-refractivity contribution in [2.45, 2.75) is 64.8 Å². The van der Waals surface area contributed by atoms with Crippen LogP contribution in [0.1, 0.15) is 46.5 Å². The van der Waals surface area contributed by atoms with Crippen LogP contribution in [0.2, 0.25) is 0 Å². The smallest absolute Gasteiger partial charge is 0.337 e. The van der Waals surface area contributed by atoms with Gasteiger partial charge in [-0.1, -0.05) is 26.5 Å². The molecule has 1 fully saturated rings. The van der Waals surface area contributed by atoms with Gasteiger partial charge in [0.15, 0.2) is 12.2 Å². The van der Waals surface area contributed by atoms with Gasteiger partial charge in [0.2, 0.25) is 0 Å². The van der Waals surface area contributed by atoms with Gasteiger partial charge in [-0.3, -0.25) is 9.59 Å². The zero-order valence-electron chi connectivity index (χ0n) is 19.0. The van der Waals surface area contributed by atoms with Crippen molar-refractivity contribution in [2.75, 3.05) is 13.7 Å². The summed E-state index contributed by atoms with van der Waals surface area (Å²) < 4.78 is 21.7. The van der Waals surface area contributed by atoms with E-state index in [1.165, 1.54) is 14.0 Å². The molecule has 0 spiro atoms. The Morgan fingerprint density at radius 1 is 1.31 bits per heavy atom. The fourth-order valence-corrected chi connectivity index (χ4v) is 4.00. The van der Waals surface area contributed by atoms with Gasteiger partial charge in [0, 0.05) is 19.1 Å². The highest BCUT2D eigenvalue weighted by atomic mass is 16.6. The van der Waals surface area contributed by atoms with Crippen LogP contribution >= 0.6 is 0 Å². The van der Waals surface area contributed by atoms with Gasteiger partial charge in [-0.2, -0.15) is 0 Å². The van der Waals surface area contributed by atoms with E-state index in [-0.39, 0.29) is 23.7 Å². The highest BCUT2D eigenvalue weighted by Crippen LogP contribution is 2.40. The minimum Gasteiger partial charge on any atom is -0.466 e. The third kappa shape index (κ3) is 5.76. The highest BCUT2D eigenvalue weighted by Gasteiger charge is 2.51. The molecule has 0 radical (unpaired) electrons. The molecule has 0 aromatic rings. The SMILES string of the molecule is C=C1C(=O)O[C@@H]2CC(CO)CC/C=C(/C(=O)OC)C(OC(C)=O)[C@@H](OC(=O)[C@H](C)CC)[C@@H]12. The maximum atomic E-state index is 12.8. The number of aliphatic hydroxyl groups is 1. The minimum atomic E-state index is -1.32. The number of carbonyl (C=O) groups excluding carboxylic acids is 4. The Hall–Kier alpha value is -2.68. The molecule has 1 aliphatic heterocycles. The van der Waals surface area contributed by atoms with Crippen LogP contribution in [0.25, 0.3) is 0 Å². The number of methoxy groups -OCH3 is 1. The molecule has 6 atom stereocenters. The number of allylic oxidation sites excluding steroid dienone is 1. The van der Waals surface area contributed by atoms with E-state index in [4.69, 9.17) is 18.9 Å². The van der Waals surface area contributed by atoms with E-state index in [1.807, 2.05) is 6.92 Å². The van der Waals surface area contributed by atoms with Crippen LogP contribution in [0, 0.1) is 17.8 Å². The maximum absolute atomic E-state index is 12.8. The molecule has 0 aromatic heterocycles. The number of aliphatic hydroxyl groups excluding tert-OH is 1. The van der Waals surface area contributed by atoms with Crippen molar-refractivity contribution < 1.29 is 43.2 Å². The molecule has 1 saturated heterocycles. The van der Waals surface area contributed by atoms with Crippen molar-refractivity contribution in [3.63, 3.8) is 0 Å². The van der Waals surface area contributed by atoms with Crippen LogP contribution in [-0.4, -0.2) is 61.0 Å². The highest BCUT2D eigenvalue weighted by molar-refractivity contribution is 5.92. The summed E-state index contributed by atoms with van der Waals surface area (Å²) in [5, 5.41) is 9.80. The summed E-state index contributed by atoms with van der Waals surface area (Å²) in [5.41, 5.74) is 0.0460. The van der Waals surface area contributed by atoms with Gasteiger partial charge in [-0.25, -0.2) is 9.59 Å². The number of hydrogen-bond acceptors (Lipinski definition) is 9. The standard InChI is InChI=1S/C23H32O9/c1-6-12(2)21(26)32-20-18-13(3)22(27)31-17(18)10-15(11-24)8-7-9-16(23(28)29-5)19(20)30-14(4)25/h9,12,15,17-20,24H,3,6-8,10-11H2,1-2,4-5H3/b16-9+/t12-,15?,17-,18+,19?,20+/m1/s1. The van der Waals surface area contributed by atoms with Crippen molar-refractivity contribution in [1.29, 1.82) is 0 Å². The topological polar surface area (TPSA) is 125 Å². The average Bonchev–Trinajstić information content (AvgIpc) is 3.04. The zero-order chi connectivity index (χ0) is 24.0. The molecule has 2 aliphatic rings. The normalized spacial score (nSPS) is 30.8. The maximum Gasteiger partial charge on any atom is 0.337 e. The lowest BCUT2D eigenvalue weighted by Crippen LogP contribution is -2.47. The van der Waals surface area contributed by atoms with Crippen molar-refractivity contribution in [3.8, 4) is 0 Å². The van der Waals surface area contributed by atoms with Crippen molar-refractivity contribution in [1.82, 2.24) is 0 Å². The molecule has 9 heteroatoms. The number of fused-ring (bicyclic) bond motifs is 1. The van der Waals surface area contributed by atoms with E-state index in [1.54, 1.807) is 13.0 Å². The molecule has 9 nitrogen and oxygen atoms in total. The Morgan fingerprint density at radius 2 is 2.00 bits per heavy atom. The van der Waals surface area contributed by atoms with Gasteiger partial charge in [-0.05, 0) is 31.6 Å². The molecule has 1 N–H and O–H groups in total. The first-order valence-electron chi connectivity index (χ1n) is 10.8. The molecule has 32 heavy (non-hydrogen) atoms. The Kier molecular flexibility index (Phi) is 9.00. The fraction of sp³-hybridized carbons (Fsp3) is 0.652. The number of carbonyl (C=O) groups is 4. The Labute approximate surface area is 187 Å². The fourth-order valence-electron chi connectivity index (χ4n) is 4.00.